The van der Waals surface area contributed by atoms with Gasteiger partial charge in [0.1, 0.15) is 12.6 Å². The Bertz CT molecular complexity index is 773. The Kier molecular flexibility index (Phi) is 11.1. The first kappa shape index (κ1) is 26.6. The van der Waals surface area contributed by atoms with Crippen LogP contribution in [0.15, 0.2) is 42.5 Å². The topological polar surface area (TPSA) is 87.7 Å². The number of nitrogens with zero attached hydrogens (tertiary/aromatic N) is 1. The minimum absolute atomic E-state index is 0.129. The van der Waals surface area contributed by atoms with Crippen LogP contribution in [0.2, 0.25) is 0 Å². The Morgan fingerprint density at radius 3 is 2.39 bits per heavy atom. The van der Waals surface area contributed by atoms with E-state index >= 15 is 0 Å². The van der Waals surface area contributed by atoms with Crippen molar-refractivity contribution in [2.45, 2.75) is 71.9 Å². The molecule has 0 aromatic heterocycles. The Balaban J connectivity index is 2.12. The lowest BCUT2D eigenvalue weighted by molar-refractivity contribution is -0.182. The van der Waals surface area contributed by atoms with Gasteiger partial charge >= 0.3 is 0 Å². The molecule has 2 atom stereocenters. The van der Waals surface area contributed by atoms with Crippen molar-refractivity contribution in [3.63, 3.8) is 0 Å². The molecule has 0 spiro atoms. The minimum atomic E-state index is -0.661. The number of hydrogen-bond acceptors (Lipinski definition) is 4. The van der Waals surface area contributed by atoms with Gasteiger partial charge in [0.25, 0.3) is 0 Å². The first-order valence-electron chi connectivity index (χ1n) is 11.9. The van der Waals surface area contributed by atoms with E-state index in [4.69, 9.17) is 4.84 Å². The van der Waals surface area contributed by atoms with Crippen molar-refractivity contribution < 1.29 is 19.2 Å². The van der Waals surface area contributed by atoms with Gasteiger partial charge in [0, 0.05) is 6.54 Å². The third-order valence-electron chi connectivity index (χ3n) is 5.73. The molecule has 7 heteroatoms. The molecule has 0 saturated heterocycles. The van der Waals surface area contributed by atoms with Crippen LogP contribution in [-0.4, -0.2) is 42.4 Å². The lowest BCUT2D eigenvalue weighted by Crippen LogP contribution is -2.55. The molecule has 1 heterocycles. The number of hydrogen-bond donors (Lipinski definition) is 2. The van der Waals surface area contributed by atoms with E-state index in [1.165, 1.54) is 5.06 Å². The van der Waals surface area contributed by atoms with Crippen LogP contribution >= 0.6 is 0 Å². The number of carbonyl (C=O) groups is 3. The van der Waals surface area contributed by atoms with Gasteiger partial charge in [-0.15, -0.1) is 0 Å². The summed E-state index contributed by atoms with van der Waals surface area (Å²) in [5, 5.41) is 7.12. The number of carbonyl (C=O) groups excluding carboxylic acids is 3. The van der Waals surface area contributed by atoms with Gasteiger partial charge in [-0.2, -0.15) is 0 Å². The molecule has 2 rings (SSSR count). The molecule has 33 heavy (non-hydrogen) atoms. The number of rotatable bonds is 6. The Morgan fingerprint density at radius 1 is 1.03 bits per heavy atom. The maximum absolute atomic E-state index is 13.3. The third-order valence-corrected chi connectivity index (χ3v) is 5.73. The number of amides is 3. The summed E-state index contributed by atoms with van der Waals surface area (Å²) < 4.78 is 0. The Labute approximate surface area is 197 Å². The smallest absolute Gasteiger partial charge is 0.243 e. The SMILES string of the molecule is CC(C)(C)C1NC(=O)C(CN(C=O)OCc2ccccc2)CCCC=CCCCCNC1=O. The molecule has 1 aromatic rings. The second-order valence-electron chi connectivity index (χ2n) is 9.66. The average molecular weight is 458 g/mol. The highest BCUT2D eigenvalue weighted by Gasteiger charge is 2.34. The maximum atomic E-state index is 13.3. The van der Waals surface area contributed by atoms with Crippen molar-refractivity contribution >= 4 is 18.2 Å². The first-order valence-corrected chi connectivity index (χ1v) is 11.9. The molecule has 0 aliphatic carbocycles. The number of nitrogens with one attached hydrogen (secondary N) is 2. The van der Waals surface area contributed by atoms with E-state index in [-0.39, 0.29) is 25.0 Å². The second kappa shape index (κ2) is 13.8. The number of benzene rings is 1. The highest BCUT2D eigenvalue weighted by molar-refractivity contribution is 5.89. The van der Waals surface area contributed by atoms with Crippen molar-refractivity contribution in [1.82, 2.24) is 15.7 Å². The predicted molar refractivity (Wildman–Crippen MR) is 129 cm³/mol. The zero-order valence-electron chi connectivity index (χ0n) is 20.2. The van der Waals surface area contributed by atoms with Crippen LogP contribution in [0.4, 0.5) is 0 Å². The van der Waals surface area contributed by atoms with Crippen LogP contribution in [0.25, 0.3) is 0 Å². The Hall–Kier alpha value is -2.67. The number of allylic oxidation sites excluding steroid dienone is 2. The van der Waals surface area contributed by atoms with Crippen LogP contribution < -0.4 is 10.6 Å². The zero-order chi connectivity index (χ0) is 24.1. The molecule has 0 saturated carbocycles. The summed E-state index contributed by atoms with van der Waals surface area (Å²) in [7, 11) is 0. The summed E-state index contributed by atoms with van der Waals surface area (Å²) in [6.45, 7) is 6.76. The molecule has 2 unspecified atom stereocenters. The van der Waals surface area contributed by atoms with E-state index in [0.29, 0.717) is 19.4 Å². The van der Waals surface area contributed by atoms with E-state index in [9.17, 15) is 14.4 Å². The van der Waals surface area contributed by atoms with Crippen molar-refractivity contribution in [1.29, 1.82) is 0 Å². The third kappa shape index (κ3) is 9.78. The molecule has 1 aromatic carbocycles. The fraction of sp³-hybridized carbons (Fsp3) is 0.577. The fourth-order valence-electron chi connectivity index (χ4n) is 3.73. The van der Waals surface area contributed by atoms with Gasteiger partial charge in [0.05, 0.1) is 12.5 Å². The van der Waals surface area contributed by atoms with E-state index < -0.39 is 17.4 Å². The highest BCUT2D eigenvalue weighted by atomic mass is 16.7. The van der Waals surface area contributed by atoms with Crippen molar-refractivity contribution in [3.05, 3.63) is 48.0 Å². The fourth-order valence-corrected chi connectivity index (χ4v) is 3.73. The zero-order valence-corrected chi connectivity index (χ0v) is 20.2. The van der Waals surface area contributed by atoms with Crippen LogP contribution in [0, 0.1) is 11.3 Å². The van der Waals surface area contributed by atoms with Crippen molar-refractivity contribution in [2.75, 3.05) is 13.1 Å². The highest BCUT2D eigenvalue weighted by Crippen LogP contribution is 2.21. The molecule has 0 radical (unpaired) electrons. The summed E-state index contributed by atoms with van der Waals surface area (Å²) in [6, 6.07) is 8.90. The lowest BCUT2D eigenvalue weighted by Gasteiger charge is -2.32. The summed E-state index contributed by atoms with van der Waals surface area (Å²) in [5.74, 6) is -0.895. The summed E-state index contributed by atoms with van der Waals surface area (Å²) in [4.78, 5) is 43.5. The lowest BCUT2D eigenvalue weighted by atomic mass is 9.85. The second-order valence-corrected chi connectivity index (χ2v) is 9.66. The van der Waals surface area contributed by atoms with Crippen LogP contribution in [0.1, 0.15) is 64.9 Å². The van der Waals surface area contributed by atoms with E-state index in [1.54, 1.807) is 0 Å². The summed E-state index contributed by atoms with van der Waals surface area (Å²) in [6.07, 6.45) is 10.1. The quantitative estimate of drug-likeness (QED) is 0.387. The predicted octanol–water partition coefficient (Wildman–Crippen LogP) is 3.75. The van der Waals surface area contributed by atoms with Crippen LogP contribution in [0.5, 0.6) is 0 Å². The molecule has 0 bridgehead atoms. The van der Waals surface area contributed by atoms with Gasteiger partial charge < -0.3 is 10.6 Å². The van der Waals surface area contributed by atoms with E-state index in [2.05, 4.69) is 22.8 Å². The normalized spacial score (nSPS) is 21.3. The average Bonchev–Trinajstić information content (AvgIpc) is 2.79. The van der Waals surface area contributed by atoms with Gasteiger partial charge in [-0.25, -0.2) is 5.06 Å². The standard InChI is InChI=1S/C26H39N3O4/c1-26(2,3)23-25(32)27-17-13-8-6-4-5-7-12-16-22(24(31)28-23)18-29(20-30)33-19-21-14-10-9-11-15-21/h4-5,9-11,14-15,20,22-23H,6-8,12-13,16-19H2,1-3H3,(H,27,32)(H,28,31). The van der Waals surface area contributed by atoms with Crippen molar-refractivity contribution in [3.8, 4) is 0 Å². The van der Waals surface area contributed by atoms with Gasteiger partial charge in [-0.3, -0.25) is 19.2 Å². The molecule has 1 aliphatic rings. The van der Waals surface area contributed by atoms with E-state index in [0.717, 1.165) is 37.7 Å². The monoisotopic (exact) mass is 457 g/mol. The van der Waals surface area contributed by atoms with Crippen LogP contribution in [-0.2, 0) is 25.8 Å². The molecule has 3 amide bonds. The minimum Gasteiger partial charge on any atom is -0.354 e. The van der Waals surface area contributed by atoms with Gasteiger partial charge in [0.15, 0.2) is 0 Å². The van der Waals surface area contributed by atoms with Crippen LogP contribution in [0.3, 0.4) is 0 Å². The van der Waals surface area contributed by atoms with Gasteiger partial charge in [-0.1, -0.05) is 63.3 Å². The van der Waals surface area contributed by atoms with Gasteiger partial charge in [0.2, 0.25) is 18.2 Å². The Morgan fingerprint density at radius 2 is 1.73 bits per heavy atom. The van der Waals surface area contributed by atoms with E-state index in [1.807, 2.05) is 51.1 Å². The van der Waals surface area contributed by atoms with Gasteiger partial charge in [-0.05, 0) is 49.5 Å². The molecule has 2 N–H and O–H groups in total. The molecular weight excluding hydrogens is 418 g/mol. The summed E-state index contributed by atoms with van der Waals surface area (Å²) in [5.41, 5.74) is 0.485. The molecule has 1 aliphatic heterocycles. The molecule has 182 valence electrons. The largest absolute Gasteiger partial charge is 0.354 e. The first-order chi connectivity index (χ1) is 15.8. The van der Waals surface area contributed by atoms with Crippen molar-refractivity contribution in [2.24, 2.45) is 11.3 Å². The molecular formula is C26H39N3O4. The molecule has 0 fully saturated rings. The molecule has 7 nitrogen and oxygen atoms in total. The maximum Gasteiger partial charge on any atom is 0.243 e. The number of hydroxylamine groups is 2. The summed E-state index contributed by atoms with van der Waals surface area (Å²) >= 11 is 0.